The molecule has 2 nitrogen and oxygen atoms in total. The van der Waals surface area contributed by atoms with Crippen molar-refractivity contribution in [3.8, 4) is 0 Å². The van der Waals surface area contributed by atoms with Crippen LogP contribution in [-0.2, 0) is 4.74 Å². The van der Waals surface area contributed by atoms with E-state index in [4.69, 9.17) is 10.5 Å². The van der Waals surface area contributed by atoms with Crippen molar-refractivity contribution in [2.75, 3.05) is 13.7 Å². The smallest absolute Gasteiger partial charge is 0.0622 e. The monoisotopic (exact) mass is 241 g/mol. The van der Waals surface area contributed by atoms with Crippen LogP contribution in [0.4, 0.5) is 0 Å². The molecule has 2 N–H and O–H groups in total. The molecule has 1 aliphatic rings. The first-order chi connectivity index (χ1) is 8.02. The van der Waals surface area contributed by atoms with Crippen LogP contribution in [0.25, 0.3) is 0 Å². The highest BCUT2D eigenvalue weighted by Crippen LogP contribution is 2.38. The Morgan fingerprint density at radius 2 is 1.94 bits per heavy atom. The van der Waals surface area contributed by atoms with E-state index in [2.05, 4.69) is 20.8 Å². The maximum absolute atomic E-state index is 5.92. The highest BCUT2D eigenvalue weighted by molar-refractivity contribution is 4.82. The van der Waals surface area contributed by atoms with Gasteiger partial charge in [0.1, 0.15) is 0 Å². The maximum atomic E-state index is 5.92. The Labute approximate surface area is 107 Å². The van der Waals surface area contributed by atoms with E-state index in [0.29, 0.717) is 0 Å². The fraction of sp³-hybridized carbons (Fsp3) is 1.00. The lowest BCUT2D eigenvalue weighted by atomic mass is 9.71. The van der Waals surface area contributed by atoms with Gasteiger partial charge in [0, 0.05) is 7.11 Å². The Hall–Kier alpha value is -0.0800. The molecule has 3 atom stereocenters. The third-order valence-electron chi connectivity index (χ3n) is 4.80. The average Bonchev–Trinajstić information content (AvgIpc) is 2.36. The van der Waals surface area contributed by atoms with E-state index in [1.54, 1.807) is 0 Å². The summed E-state index contributed by atoms with van der Waals surface area (Å²) in [6.07, 6.45) is 7.88. The summed E-state index contributed by atoms with van der Waals surface area (Å²) in [6, 6.07) is 0. The van der Waals surface area contributed by atoms with Gasteiger partial charge in [-0.1, -0.05) is 19.8 Å². The van der Waals surface area contributed by atoms with E-state index >= 15 is 0 Å². The summed E-state index contributed by atoms with van der Waals surface area (Å²) in [5.74, 6) is 2.52. The summed E-state index contributed by atoms with van der Waals surface area (Å²) in [7, 11) is 1.82. The molecule has 1 aliphatic carbocycles. The van der Waals surface area contributed by atoms with Gasteiger partial charge in [0.15, 0.2) is 0 Å². The van der Waals surface area contributed by atoms with E-state index in [1.165, 1.54) is 32.1 Å². The average molecular weight is 241 g/mol. The zero-order valence-corrected chi connectivity index (χ0v) is 12.2. The minimum atomic E-state index is 0.0261. The lowest BCUT2D eigenvalue weighted by molar-refractivity contribution is 0.00474. The van der Waals surface area contributed by atoms with Gasteiger partial charge in [0.05, 0.1) is 5.60 Å². The van der Waals surface area contributed by atoms with Crippen molar-refractivity contribution in [2.45, 2.75) is 64.9 Å². The fourth-order valence-electron chi connectivity index (χ4n) is 3.09. The summed E-state index contributed by atoms with van der Waals surface area (Å²) in [6.45, 7) is 7.56. The standard InChI is InChI=1S/C15H31NO/c1-5-12-6-7-14(11-16)13(10-12)8-9-15(2,3)17-4/h12-14H,5-11,16H2,1-4H3. The summed E-state index contributed by atoms with van der Waals surface area (Å²) >= 11 is 0. The highest BCUT2D eigenvalue weighted by atomic mass is 16.5. The lowest BCUT2D eigenvalue weighted by Crippen LogP contribution is -2.32. The van der Waals surface area contributed by atoms with E-state index < -0.39 is 0 Å². The normalized spacial score (nSPS) is 30.5. The van der Waals surface area contributed by atoms with Gasteiger partial charge in [-0.05, 0) is 63.8 Å². The number of rotatable bonds is 6. The molecule has 1 saturated carbocycles. The van der Waals surface area contributed by atoms with Crippen LogP contribution in [0.2, 0.25) is 0 Å². The summed E-state index contributed by atoms with van der Waals surface area (Å²) in [4.78, 5) is 0. The molecule has 102 valence electrons. The van der Waals surface area contributed by atoms with Crippen LogP contribution in [0.5, 0.6) is 0 Å². The molecule has 1 fully saturated rings. The first-order valence-corrected chi connectivity index (χ1v) is 7.27. The molecule has 0 saturated heterocycles. The van der Waals surface area contributed by atoms with Crippen molar-refractivity contribution in [2.24, 2.45) is 23.5 Å². The minimum absolute atomic E-state index is 0.0261. The molecule has 1 rings (SSSR count). The summed E-state index contributed by atoms with van der Waals surface area (Å²) < 4.78 is 5.52. The van der Waals surface area contributed by atoms with Crippen LogP contribution in [-0.4, -0.2) is 19.3 Å². The Balaban J connectivity index is 2.47. The molecule has 0 spiro atoms. The van der Waals surface area contributed by atoms with Gasteiger partial charge in [-0.15, -0.1) is 0 Å². The van der Waals surface area contributed by atoms with Gasteiger partial charge >= 0.3 is 0 Å². The molecule has 0 aromatic heterocycles. The Bertz CT molecular complexity index is 215. The van der Waals surface area contributed by atoms with Gasteiger partial charge in [0.25, 0.3) is 0 Å². The van der Waals surface area contributed by atoms with Crippen LogP contribution >= 0.6 is 0 Å². The number of nitrogens with two attached hydrogens (primary N) is 1. The van der Waals surface area contributed by atoms with Gasteiger partial charge in [-0.2, -0.15) is 0 Å². The van der Waals surface area contributed by atoms with E-state index in [0.717, 1.165) is 30.7 Å². The van der Waals surface area contributed by atoms with Crippen molar-refractivity contribution >= 4 is 0 Å². The van der Waals surface area contributed by atoms with Gasteiger partial charge < -0.3 is 10.5 Å². The van der Waals surface area contributed by atoms with Crippen LogP contribution in [0.15, 0.2) is 0 Å². The summed E-state index contributed by atoms with van der Waals surface area (Å²) in [5.41, 5.74) is 5.95. The number of hydrogen-bond donors (Lipinski definition) is 1. The van der Waals surface area contributed by atoms with Gasteiger partial charge in [-0.3, -0.25) is 0 Å². The first kappa shape index (κ1) is 15.0. The van der Waals surface area contributed by atoms with Crippen LogP contribution in [0.1, 0.15) is 59.3 Å². The van der Waals surface area contributed by atoms with Crippen molar-refractivity contribution in [3.05, 3.63) is 0 Å². The lowest BCUT2D eigenvalue weighted by Gasteiger charge is -2.37. The quantitative estimate of drug-likeness (QED) is 0.771. The second-order valence-electron chi connectivity index (χ2n) is 6.35. The highest BCUT2D eigenvalue weighted by Gasteiger charge is 2.30. The summed E-state index contributed by atoms with van der Waals surface area (Å²) in [5, 5.41) is 0. The molecule has 17 heavy (non-hydrogen) atoms. The Morgan fingerprint density at radius 1 is 1.24 bits per heavy atom. The number of methoxy groups -OCH3 is 1. The molecule has 0 radical (unpaired) electrons. The van der Waals surface area contributed by atoms with Crippen molar-refractivity contribution in [1.29, 1.82) is 0 Å². The van der Waals surface area contributed by atoms with Crippen molar-refractivity contribution in [1.82, 2.24) is 0 Å². The maximum Gasteiger partial charge on any atom is 0.0622 e. The molecular formula is C15H31NO. The predicted molar refractivity (Wildman–Crippen MR) is 74.0 cm³/mol. The Kier molecular flexibility index (Phi) is 5.94. The van der Waals surface area contributed by atoms with E-state index in [9.17, 15) is 0 Å². The molecule has 3 unspecified atom stereocenters. The van der Waals surface area contributed by atoms with Crippen LogP contribution in [0.3, 0.4) is 0 Å². The molecule has 0 aliphatic heterocycles. The molecule has 0 heterocycles. The number of ether oxygens (including phenoxy) is 1. The van der Waals surface area contributed by atoms with Crippen LogP contribution in [0, 0.1) is 17.8 Å². The topological polar surface area (TPSA) is 35.2 Å². The zero-order valence-electron chi connectivity index (χ0n) is 12.2. The fourth-order valence-corrected chi connectivity index (χ4v) is 3.09. The Morgan fingerprint density at radius 3 is 2.47 bits per heavy atom. The third kappa shape index (κ3) is 4.59. The number of hydrogen-bond acceptors (Lipinski definition) is 2. The molecule has 0 bridgehead atoms. The third-order valence-corrected chi connectivity index (χ3v) is 4.80. The first-order valence-electron chi connectivity index (χ1n) is 7.27. The van der Waals surface area contributed by atoms with E-state index in [1.807, 2.05) is 7.11 Å². The second kappa shape index (κ2) is 6.75. The van der Waals surface area contributed by atoms with Gasteiger partial charge in [0.2, 0.25) is 0 Å². The minimum Gasteiger partial charge on any atom is -0.379 e. The molecule has 2 heteroatoms. The largest absolute Gasteiger partial charge is 0.379 e. The molecule has 0 aromatic carbocycles. The molecular weight excluding hydrogens is 210 g/mol. The van der Waals surface area contributed by atoms with Gasteiger partial charge in [-0.25, -0.2) is 0 Å². The zero-order chi connectivity index (χ0) is 12.9. The molecule has 0 amide bonds. The predicted octanol–water partition coefficient (Wildman–Crippen LogP) is 3.59. The SMILES string of the molecule is CCC1CCC(CN)C(CCC(C)(C)OC)C1. The second-order valence-corrected chi connectivity index (χ2v) is 6.35. The van der Waals surface area contributed by atoms with E-state index in [-0.39, 0.29) is 5.60 Å². The molecule has 0 aromatic rings. The van der Waals surface area contributed by atoms with Crippen molar-refractivity contribution < 1.29 is 4.74 Å². The van der Waals surface area contributed by atoms with Crippen molar-refractivity contribution in [3.63, 3.8) is 0 Å². The van der Waals surface area contributed by atoms with Crippen LogP contribution < -0.4 is 5.73 Å².